The van der Waals surface area contributed by atoms with Crippen molar-refractivity contribution in [1.29, 1.82) is 0 Å². The number of nitrogens with two attached hydrogens (primary N) is 1. The highest BCUT2D eigenvalue weighted by Gasteiger charge is 2.25. The lowest BCUT2D eigenvalue weighted by Crippen LogP contribution is -2.44. The number of H-pyrrole nitrogens is 1. The molecule has 2 aromatic heterocycles. The van der Waals surface area contributed by atoms with E-state index in [-0.39, 0.29) is 11.6 Å². The summed E-state index contributed by atoms with van der Waals surface area (Å²) in [6, 6.07) is 10.5. The molecule has 1 aliphatic heterocycles. The van der Waals surface area contributed by atoms with Crippen LogP contribution < -0.4 is 16.2 Å². The second kappa shape index (κ2) is 9.45. The van der Waals surface area contributed by atoms with Crippen molar-refractivity contribution in [2.75, 3.05) is 18.0 Å². The molecular formula is C25H34N6O. The Morgan fingerprint density at radius 1 is 1.03 bits per heavy atom. The summed E-state index contributed by atoms with van der Waals surface area (Å²) in [5.41, 5.74) is 8.59. The average molecular weight is 435 g/mol. The van der Waals surface area contributed by atoms with Crippen LogP contribution in [0.25, 0.3) is 11.2 Å². The summed E-state index contributed by atoms with van der Waals surface area (Å²) in [4.78, 5) is 28.3. The summed E-state index contributed by atoms with van der Waals surface area (Å²) < 4.78 is 2.07. The van der Waals surface area contributed by atoms with Crippen molar-refractivity contribution in [3.8, 4) is 0 Å². The number of fused-ring (bicyclic) bond motifs is 1. The average Bonchev–Trinajstić information content (AvgIpc) is 3.18. The van der Waals surface area contributed by atoms with Crippen LogP contribution >= 0.6 is 0 Å². The van der Waals surface area contributed by atoms with Gasteiger partial charge in [0.15, 0.2) is 11.2 Å². The number of imidazole rings is 1. The fourth-order valence-corrected chi connectivity index (χ4v) is 5.37. The van der Waals surface area contributed by atoms with Gasteiger partial charge in [-0.05, 0) is 30.7 Å². The standard InChI is InChI=1S/C25H34N6O/c26-20-12-7-14-30(17-20)25-29-23-22(31(25)15-13-18-8-3-1-4-9-18)24(32)28-21(27-23)16-19-10-5-2-6-11-19/h1,3-4,8-9,19-20H,2,5-7,10-17,26H2,(H,27,28,32). The van der Waals surface area contributed by atoms with E-state index in [0.29, 0.717) is 23.6 Å². The van der Waals surface area contributed by atoms with Crippen molar-refractivity contribution in [2.24, 2.45) is 11.7 Å². The van der Waals surface area contributed by atoms with E-state index in [4.69, 9.17) is 15.7 Å². The number of aromatic nitrogens is 4. The third-order valence-corrected chi connectivity index (χ3v) is 7.06. The van der Waals surface area contributed by atoms with Crippen molar-refractivity contribution in [2.45, 2.75) is 70.4 Å². The van der Waals surface area contributed by atoms with E-state index in [1.54, 1.807) is 0 Å². The van der Waals surface area contributed by atoms with Gasteiger partial charge in [-0.1, -0.05) is 62.4 Å². The molecule has 0 amide bonds. The van der Waals surface area contributed by atoms with E-state index in [9.17, 15) is 4.79 Å². The Bertz CT molecular complexity index is 1100. The van der Waals surface area contributed by atoms with Crippen LogP contribution in [0.3, 0.4) is 0 Å². The van der Waals surface area contributed by atoms with Gasteiger partial charge >= 0.3 is 0 Å². The van der Waals surface area contributed by atoms with Gasteiger partial charge in [0, 0.05) is 32.1 Å². The Hall–Kier alpha value is -2.67. The van der Waals surface area contributed by atoms with Crippen molar-refractivity contribution in [3.05, 3.63) is 52.1 Å². The minimum absolute atomic E-state index is 0.0751. The molecule has 1 atom stereocenters. The highest BCUT2D eigenvalue weighted by molar-refractivity contribution is 5.74. The molecule has 3 heterocycles. The van der Waals surface area contributed by atoms with Gasteiger partial charge in [-0.2, -0.15) is 4.98 Å². The molecular weight excluding hydrogens is 400 g/mol. The first-order valence-corrected chi connectivity index (χ1v) is 12.2. The van der Waals surface area contributed by atoms with E-state index >= 15 is 0 Å². The lowest BCUT2D eigenvalue weighted by molar-refractivity contribution is 0.351. The monoisotopic (exact) mass is 434 g/mol. The summed E-state index contributed by atoms with van der Waals surface area (Å²) in [5, 5.41) is 0. The number of nitrogens with zero attached hydrogens (tertiary/aromatic N) is 4. The predicted molar refractivity (Wildman–Crippen MR) is 128 cm³/mol. The first-order valence-electron chi connectivity index (χ1n) is 12.2. The normalized spacial score (nSPS) is 20.2. The number of aryl methyl sites for hydroxylation is 2. The van der Waals surface area contributed by atoms with Crippen molar-refractivity contribution in [3.63, 3.8) is 0 Å². The van der Waals surface area contributed by atoms with Gasteiger partial charge in [-0.3, -0.25) is 4.79 Å². The van der Waals surface area contributed by atoms with Gasteiger partial charge in [-0.25, -0.2) is 4.98 Å². The van der Waals surface area contributed by atoms with Gasteiger partial charge in [0.25, 0.3) is 5.56 Å². The molecule has 1 saturated heterocycles. The molecule has 0 bridgehead atoms. The zero-order valence-corrected chi connectivity index (χ0v) is 18.8. The summed E-state index contributed by atoms with van der Waals surface area (Å²) in [6.45, 7) is 2.37. The Morgan fingerprint density at radius 3 is 2.62 bits per heavy atom. The van der Waals surface area contributed by atoms with E-state index in [1.165, 1.54) is 37.7 Å². The number of piperidine rings is 1. The van der Waals surface area contributed by atoms with E-state index in [1.807, 2.05) is 6.07 Å². The van der Waals surface area contributed by atoms with Crippen LogP contribution in [0.4, 0.5) is 5.95 Å². The second-order valence-corrected chi connectivity index (χ2v) is 9.54. The maximum Gasteiger partial charge on any atom is 0.277 e. The maximum atomic E-state index is 13.2. The molecule has 0 radical (unpaired) electrons. The number of nitrogens with one attached hydrogen (secondary N) is 1. The van der Waals surface area contributed by atoms with E-state index < -0.39 is 0 Å². The zero-order chi connectivity index (χ0) is 21.9. The Labute approximate surface area is 189 Å². The first kappa shape index (κ1) is 21.2. The topological polar surface area (TPSA) is 92.8 Å². The second-order valence-electron chi connectivity index (χ2n) is 9.54. The van der Waals surface area contributed by atoms with Crippen molar-refractivity contribution in [1.82, 2.24) is 19.5 Å². The lowest BCUT2D eigenvalue weighted by Gasteiger charge is -2.31. The number of benzene rings is 1. The fraction of sp³-hybridized carbons (Fsp3) is 0.560. The SMILES string of the molecule is NC1CCCN(c2nc3nc(CC4CCCCC4)[nH]c(=O)c3n2CCc2ccccc2)C1. The molecule has 3 aromatic rings. The van der Waals surface area contributed by atoms with Crippen LogP contribution in [0.5, 0.6) is 0 Å². The van der Waals surface area contributed by atoms with Crippen LogP contribution in [0.15, 0.2) is 35.1 Å². The summed E-state index contributed by atoms with van der Waals surface area (Å²) in [7, 11) is 0. The van der Waals surface area contributed by atoms with Crippen LogP contribution in [0.2, 0.25) is 0 Å². The van der Waals surface area contributed by atoms with E-state index in [0.717, 1.165) is 50.5 Å². The van der Waals surface area contributed by atoms with Crippen LogP contribution in [0.1, 0.15) is 56.3 Å². The smallest absolute Gasteiger partial charge is 0.277 e. The molecule has 7 nitrogen and oxygen atoms in total. The Morgan fingerprint density at radius 2 is 1.84 bits per heavy atom. The van der Waals surface area contributed by atoms with Gasteiger partial charge in [0.05, 0.1) is 0 Å². The first-order chi connectivity index (χ1) is 15.7. The third-order valence-electron chi connectivity index (χ3n) is 7.06. The summed E-state index contributed by atoms with van der Waals surface area (Å²) in [5.74, 6) is 2.23. The van der Waals surface area contributed by atoms with Gasteiger partial charge in [-0.15, -0.1) is 0 Å². The molecule has 7 heteroatoms. The maximum absolute atomic E-state index is 13.2. The molecule has 1 aliphatic carbocycles. The largest absolute Gasteiger partial charge is 0.341 e. The number of hydrogen-bond acceptors (Lipinski definition) is 5. The van der Waals surface area contributed by atoms with Crippen molar-refractivity contribution < 1.29 is 0 Å². The minimum atomic E-state index is -0.0751. The molecule has 1 unspecified atom stereocenters. The van der Waals surface area contributed by atoms with Crippen LogP contribution in [-0.2, 0) is 19.4 Å². The number of anilines is 1. The Kier molecular flexibility index (Phi) is 6.26. The molecule has 3 N–H and O–H groups in total. The van der Waals surface area contributed by atoms with Crippen LogP contribution in [-0.4, -0.2) is 38.7 Å². The number of rotatable bonds is 6. The molecule has 32 heavy (non-hydrogen) atoms. The predicted octanol–water partition coefficient (Wildman–Crippen LogP) is 3.41. The van der Waals surface area contributed by atoms with Gasteiger partial charge in [0.2, 0.25) is 5.95 Å². The molecule has 1 saturated carbocycles. The summed E-state index contributed by atoms with van der Waals surface area (Å²) >= 11 is 0. The molecule has 0 spiro atoms. The molecule has 170 valence electrons. The lowest BCUT2D eigenvalue weighted by atomic mass is 9.87. The fourth-order valence-electron chi connectivity index (χ4n) is 5.37. The van der Waals surface area contributed by atoms with Crippen LogP contribution in [0, 0.1) is 5.92 Å². The Balaban J connectivity index is 1.50. The third kappa shape index (κ3) is 4.58. The van der Waals surface area contributed by atoms with E-state index in [2.05, 4.69) is 38.7 Å². The quantitative estimate of drug-likeness (QED) is 0.620. The summed E-state index contributed by atoms with van der Waals surface area (Å²) in [6.07, 6.45) is 10.1. The molecule has 2 fully saturated rings. The minimum Gasteiger partial charge on any atom is -0.341 e. The number of aromatic amines is 1. The molecule has 2 aliphatic rings. The van der Waals surface area contributed by atoms with Gasteiger partial charge < -0.3 is 20.2 Å². The van der Waals surface area contributed by atoms with Crippen molar-refractivity contribution >= 4 is 17.1 Å². The zero-order valence-electron chi connectivity index (χ0n) is 18.8. The molecule has 1 aromatic carbocycles. The highest BCUT2D eigenvalue weighted by atomic mass is 16.1. The van der Waals surface area contributed by atoms with Gasteiger partial charge in [0.1, 0.15) is 5.82 Å². The number of hydrogen-bond donors (Lipinski definition) is 2. The highest BCUT2D eigenvalue weighted by Crippen LogP contribution is 2.27. The molecule has 5 rings (SSSR count).